The Morgan fingerprint density at radius 3 is 3.10 bits per heavy atom. The maximum Gasteiger partial charge on any atom is 0.125 e. The van der Waals surface area contributed by atoms with Gasteiger partial charge < -0.3 is 9.53 Å². The standard InChI is InChI=1S/C8H14O2/c1-2-3-8-7(6-9)4-5-10-8/h6-8H,2-5H2,1H3. The summed E-state index contributed by atoms with van der Waals surface area (Å²) in [4.78, 5) is 10.4. The smallest absolute Gasteiger partial charge is 0.125 e. The van der Waals surface area contributed by atoms with Gasteiger partial charge in [0.1, 0.15) is 6.29 Å². The molecule has 1 heterocycles. The summed E-state index contributed by atoms with van der Waals surface area (Å²) in [6, 6.07) is 0. The summed E-state index contributed by atoms with van der Waals surface area (Å²) in [5.41, 5.74) is 0. The van der Waals surface area contributed by atoms with Gasteiger partial charge in [-0.15, -0.1) is 0 Å². The summed E-state index contributed by atoms with van der Waals surface area (Å²) < 4.78 is 5.37. The Hall–Kier alpha value is -0.370. The van der Waals surface area contributed by atoms with Crippen LogP contribution in [0.3, 0.4) is 0 Å². The van der Waals surface area contributed by atoms with Crippen LogP contribution in [0.4, 0.5) is 0 Å². The molecule has 0 aromatic heterocycles. The van der Waals surface area contributed by atoms with Gasteiger partial charge in [-0.05, 0) is 12.8 Å². The van der Waals surface area contributed by atoms with E-state index >= 15 is 0 Å². The quantitative estimate of drug-likeness (QED) is 0.556. The second-order valence-corrected chi connectivity index (χ2v) is 2.79. The lowest BCUT2D eigenvalue weighted by Crippen LogP contribution is -2.16. The van der Waals surface area contributed by atoms with Crippen molar-refractivity contribution in [1.82, 2.24) is 0 Å². The molecule has 1 aliphatic rings. The number of hydrogen-bond acceptors (Lipinski definition) is 2. The average molecular weight is 142 g/mol. The maximum absolute atomic E-state index is 10.4. The van der Waals surface area contributed by atoms with E-state index in [-0.39, 0.29) is 12.0 Å². The Kier molecular flexibility index (Phi) is 2.87. The van der Waals surface area contributed by atoms with E-state index in [9.17, 15) is 4.79 Å². The van der Waals surface area contributed by atoms with E-state index in [4.69, 9.17) is 4.74 Å². The Labute approximate surface area is 61.6 Å². The molecule has 0 aromatic carbocycles. The van der Waals surface area contributed by atoms with Gasteiger partial charge in [-0.3, -0.25) is 0 Å². The molecule has 0 aromatic rings. The minimum Gasteiger partial charge on any atom is -0.377 e. The number of carbonyl (C=O) groups excluding carboxylic acids is 1. The fraction of sp³-hybridized carbons (Fsp3) is 0.875. The van der Waals surface area contributed by atoms with Crippen LogP contribution < -0.4 is 0 Å². The van der Waals surface area contributed by atoms with Crippen LogP contribution in [0.2, 0.25) is 0 Å². The predicted octanol–water partition coefficient (Wildman–Crippen LogP) is 1.39. The molecule has 0 aliphatic carbocycles. The van der Waals surface area contributed by atoms with Crippen molar-refractivity contribution in [1.29, 1.82) is 0 Å². The molecule has 0 N–H and O–H groups in total. The van der Waals surface area contributed by atoms with E-state index in [1.54, 1.807) is 0 Å². The van der Waals surface area contributed by atoms with Crippen LogP contribution in [0.1, 0.15) is 26.2 Å². The third-order valence-electron chi connectivity index (χ3n) is 2.01. The Morgan fingerprint density at radius 2 is 2.50 bits per heavy atom. The number of carbonyl (C=O) groups is 1. The number of rotatable bonds is 3. The van der Waals surface area contributed by atoms with Crippen molar-refractivity contribution in [3.05, 3.63) is 0 Å². The Balaban J connectivity index is 2.34. The first-order valence-corrected chi connectivity index (χ1v) is 3.95. The lowest BCUT2D eigenvalue weighted by atomic mass is 10.0. The third kappa shape index (κ3) is 1.57. The van der Waals surface area contributed by atoms with Crippen LogP contribution in [0.25, 0.3) is 0 Å². The highest BCUT2D eigenvalue weighted by Crippen LogP contribution is 2.22. The van der Waals surface area contributed by atoms with Gasteiger partial charge in [-0.1, -0.05) is 13.3 Å². The highest BCUT2D eigenvalue weighted by atomic mass is 16.5. The van der Waals surface area contributed by atoms with E-state index in [0.717, 1.165) is 32.2 Å². The van der Waals surface area contributed by atoms with Crippen LogP contribution in [-0.4, -0.2) is 19.0 Å². The molecule has 1 aliphatic heterocycles. The van der Waals surface area contributed by atoms with Gasteiger partial charge in [0, 0.05) is 12.5 Å². The molecule has 2 nitrogen and oxygen atoms in total. The van der Waals surface area contributed by atoms with Gasteiger partial charge in [-0.25, -0.2) is 0 Å². The topological polar surface area (TPSA) is 26.3 Å². The predicted molar refractivity (Wildman–Crippen MR) is 38.8 cm³/mol. The summed E-state index contributed by atoms with van der Waals surface area (Å²) >= 11 is 0. The summed E-state index contributed by atoms with van der Waals surface area (Å²) in [5, 5.41) is 0. The van der Waals surface area contributed by atoms with E-state index < -0.39 is 0 Å². The summed E-state index contributed by atoms with van der Waals surface area (Å²) in [7, 11) is 0. The number of ether oxygens (including phenoxy) is 1. The van der Waals surface area contributed by atoms with Gasteiger partial charge in [0.15, 0.2) is 0 Å². The van der Waals surface area contributed by atoms with Gasteiger partial charge in [-0.2, -0.15) is 0 Å². The number of hydrogen-bond donors (Lipinski definition) is 0. The van der Waals surface area contributed by atoms with Crippen molar-refractivity contribution < 1.29 is 9.53 Å². The molecule has 2 unspecified atom stereocenters. The zero-order chi connectivity index (χ0) is 7.40. The second kappa shape index (κ2) is 3.71. The first-order valence-electron chi connectivity index (χ1n) is 3.95. The van der Waals surface area contributed by atoms with Gasteiger partial charge >= 0.3 is 0 Å². The molecule has 0 bridgehead atoms. The summed E-state index contributed by atoms with van der Waals surface area (Å²) in [6.45, 7) is 2.89. The first-order chi connectivity index (χ1) is 4.88. The average Bonchev–Trinajstić information content (AvgIpc) is 2.36. The van der Waals surface area contributed by atoms with Crippen molar-refractivity contribution in [3.63, 3.8) is 0 Å². The van der Waals surface area contributed by atoms with Crippen LogP contribution in [0.15, 0.2) is 0 Å². The minimum absolute atomic E-state index is 0.181. The van der Waals surface area contributed by atoms with Crippen molar-refractivity contribution >= 4 is 6.29 Å². The molecule has 0 amide bonds. The lowest BCUT2D eigenvalue weighted by molar-refractivity contribution is -0.112. The van der Waals surface area contributed by atoms with Crippen molar-refractivity contribution in [2.24, 2.45) is 5.92 Å². The van der Waals surface area contributed by atoms with Crippen molar-refractivity contribution in [2.45, 2.75) is 32.3 Å². The third-order valence-corrected chi connectivity index (χ3v) is 2.01. The minimum atomic E-state index is 0.181. The molecule has 1 rings (SSSR count). The van der Waals surface area contributed by atoms with Gasteiger partial charge in [0.25, 0.3) is 0 Å². The van der Waals surface area contributed by atoms with Gasteiger partial charge in [0.2, 0.25) is 0 Å². The fourth-order valence-corrected chi connectivity index (χ4v) is 1.40. The van der Waals surface area contributed by atoms with Crippen LogP contribution >= 0.6 is 0 Å². The molecular formula is C8H14O2. The van der Waals surface area contributed by atoms with E-state index in [0.29, 0.717) is 0 Å². The molecule has 0 spiro atoms. The van der Waals surface area contributed by atoms with Crippen molar-refractivity contribution in [3.8, 4) is 0 Å². The first kappa shape index (κ1) is 7.73. The summed E-state index contributed by atoms with van der Waals surface area (Å²) in [5.74, 6) is 0.181. The second-order valence-electron chi connectivity index (χ2n) is 2.79. The van der Waals surface area contributed by atoms with E-state index in [1.807, 2.05) is 0 Å². The molecule has 2 atom stereocenters. The lowest BCUT2D eigenvalue weighted by Gasteiger charge is -2.10. The maximum atomic E-state index is 10.4. The largest absolute Gasteiger partial charge is 0.377 e. The van der Waals surface area contributed by atoms with Crippen LogP contribution in [0, 0.1) is 5.92 Å². The normalized spacial score (nSPS) is 32.5. The SMILES string of the molecule is CCCC1OCCC1C=O. The monoisotopic (exact) mass is 142 g/mol. The molecule has 2 heteroatoms. The highest BCUT2D eigenvalue weighted by Gasteiger charge is 2.26. The zero-order valence-electron chi connectivity index (χ0n) is 6.38. The fourth-order valence-electron chi connectivity index (χ4n) is 1.40. The van der Waals surface area contributed by atoms with E-state index in [1.165, 1.54) is 0 Å². The molecule has 1 saturated heterocycles. The molecule has 0 saturated carbocycles. The zero-order valence-corrected chi connectivity index (χ0v) is 6.38. The highest BCUT2D eigenvalue weighted by molar-refractivity contribution is 5.54. The molecule has 10 heavy (non-hydrogen) atoms. The molecular weight excluding hydrogens is 128 g/mol. The van der Waals surface area contributed by atoms with Gasteiger partial charge in [0.05, 0.1) is 6.10 Å². The van der Waals surface area contributed by atoms with Crippen LogP contribution in [-0.2, 0) is 9.53 Å². The van der Waals surface area contributed by atoms with E-state index in [2.05, 4.69) is 6.92 Å². The number of aldehydes is 1. The molecule has 0 radical (unpaired) electrons. The van der Waals surface area contributed by atoms with Crippen molar-refractivity contribution in [2.75, 3.05) is 6.61 Å². The Morgan fingerprint density at radius 1 is 1.70 bits per heavy atom. The van der Waals surface area contributed by atoms with Crippen LogP contribution in [0.5, 0.6) is 0 Å². The Bertz CT molecular complexity index is 112. The molecule has 58 valence electrons. The summed E-state index contributed by atoms with van der Waals surface area (Å²) in [6.07, 6.45) is 4.32. The molecule has 1 fully saturated rings.